The zero-order chi connectivity index (χ0) is 31.7. The molecule has 2 N–H and O–H groups in total. The molecule has 10 nitrogen and oxygen atoms in total. The third-order valence-corrected chi connectivity index (χ3v) is 10.3. The summed E-state index contributed by atoms with van der Waals surface area (Å²) < 4.78 is 11.3. The van der Waals surface area contributed by atoms with Gasteiger partial charge in [-0.1, -0.05) is 6.07 Å². The fraction of sp³-hybridized carbons (Fsp3) is 0.600. The van der Waals surface area contributed by atoms with E-state index in [4.69, 9.17) is 9.47 Å². The van der Waals surface area contributed by atoms with Gasteiger partial charge in [-0.25, -0.2) is 0 Å². The Balaban J connectivity index is 1.23. The minimum absolute atomic E-state index is 0.0214. The Morgan fingerprint density at radius 1 is 0.911 bits per heavy atom. The Morgan fingerprint density at radius 3 is 2.53 bits per heavy atom. The lowest BCUT2D eigenvalue weighted by molar-refractivity contribution is -0.140. The van der Waals surface area contributed by atoms with Gasteiger partial charge in [-0.3, -0.25) is 19.2 Å². The van der Waals surface area contributed by atoms with Crippen molar-refractivity contribution < 1.29 is 28.7 Å². The maximum absolute atomic E-state index is 13.9. The van der Waals surface area contributed by atoms with Crippen LogP contribution < -0.4 is 14.8 Å². The van der Waals surface area contributed by atoms with Crippen LogP contribution in [0.4, 0.5) is 0 Å². The van der Waals surface area contributed by atoms with Gasteiger partial charge in [0.25, 0.3) is 5.91 Å². The van der Waals surface area contributed by atoms with Crippen molar-refractivity contribution >= 4 is 23.5 Å². The van der Waals surface area contributed by atoms with Gasteiger partial charge < -0.3 is 29.6 Å². The molecular weight excluding hydrogens is 572 g/mol. The molecule has 4 aliphatic rings. The van der Waals surface area contributed by atoms with Crippen LogP contribution in [0, 0.1) is 18.8 Å². The van der Waals surface area contributed by atoms with E-state index in [-0.39, 0.29) is 41.4 Å². The van der Waals surface area contributed by atoms with E-state index in [1.165, 1.54) is 0 Å². The zero-order valence-corrected chi connectivity index (χ0v) is 26.8. The van der Waals surface area contributed by atoms with Crippen molar-refractivity contribution in [3.63, 3.8) is 0 Å². The lowest BCUT2D eigenvalue weighted by atomic mass is 9.77. The first-order valence-electron chi connectivity index (χ1n) is 16.6. The van der Waals surface area contributed by atoms with Gasteiger partial charge in [-0.2, -0.15) is 0 Å². The van der Waals surface area contributed by atoms with Crippen LogP contribution in [0.5, 0.6) is 11.5 Å². The number of H-pyrrole nitrogens is 1. The molecule has 1 aliphatic carbocycles. The lowest BCUT2D eigenvalue weighted by Gasteiger charge is -2.51. The van der Waals surface area contributed by atoms with Crippen molar-refractivity contribution in [2.24, 2.45) is 11.8 Å². The van der Waals surface area contributed by atoms with Crippen molar-refractivity contribution in [2.75, 3.05) is 40.4 Å². The van der Waals surface area contributed by atoms with Gasteiger partial charge in [0.15, 0.2) is 17.3 Å². The second-order valence-electron chi connectivity index (χ2n) is 13.3. The number of aromatic nitrogens is 1. The number of Topliss-reactive ketones (excluding diaryl/α,β-unsaturated/α-hetero) is 1. The highest BCUT2D eigenvalue weighted by atomic mass is 16.5. The predicted octanol–water partition coefficient (Wildman–Crippen LogP) is 4.01. The molecule has 2 fully saturated rings. The number of amides is 3. The molecule has 4 bridgehead atoms. The number of benzene rings is 1. The fourth-order valence-electron chi connectivity index (χ4n) is 8.21. The van der Waals surface area contributed by atoms with E-state index in [2.05, 4.69) is 21.3 Å². The van der Waals surface area contributed by atoms with E-state index >= 15 is 0 Å². The SMILES string of the molecule is COc1cc2cc(c1OC)CCCNC(=O)CCC[C@H]1[C@H]3C[C@@H](CN(C(=O)c4[nH]c5c(c4C)C(=O)CCC5)C3)CN1C(=O)CC2. The van der Waals surface area contributed by atoms with E-state index in [0.717, 1.165) is 60.9 Å². The number of aromatic amines is 1. The highest BCUT2D eigenvalue weighted by Gasteiger charge is 2.44. The number of carbonyl (C=O) groups is 4. The number of aryl methyl sites for hydroxylation is 3. The standard InChI is InChI=1S/C35H46N4O6/c1-21-32-26(8-4-10-28(32)40)37-33(21)35(43)38-18-23-16-25(20-38)27-9-5-11-30(41)36-14-6-7-24-15-22(12-13-31(42)39(27)19-23)17-29(44-2)34(24)45-3/h15,17,23,25,27,37H,4-14,16,18-20H2,1-3H3,(H,36,41)/t23-,25-,27-/m0/s1. The molecule has 1 aromatic carbocycles. The second kappa shape index (κ2) is 13.3. The van der Waals surface area contributed by atoms with E-state index < -0.39 is 0 Å². The Labute approximate surface area is 265 Å². The zero-order valence-electron chi connectivity index (χ0n) is 26.8. The Kier molecular flexibility index (Phi) is 9.19. The smallest absolute Gasteiger partial charge is 0.270 e. The molecule has 0 unspecified atom stereocenters. The first-order chi connectivity index (χ1) is 21.8. The molecular formula is C35H46N4O6. The molecule has 0 radical (unpaired) electrons. The topological polar surface area (TPSA) is 121 Å². The molecule has 3 aliphatic heterocycles. The number of ether oxygens (including phenoxy) is 2. The molecule has 10 heteroatoms. The van der Waals surface area contributed by atoms with Crippen LogP contribution in [0.15, 0.2) is 12.1 Å². The van der Waals surface area contributed by atoms with Gasteiger partial charge in [-0.15, -0.1) is 0 Å². The van der Waals surface area contributed by atoms with E-state index in [1.807, 2.05) is 17.9 Å². The number of piperidine rings is 2. The van der Waals surface area contributed by atoms with E-state index in [1.54, 1.807) is 14.2 Å². The summed E-state index contributed by atoms with van der Waals surface area (Å²) in [4.78, 5) is 60.5. The number of nitrogens with zero attached hydrogens (tertiary/aromatic N) is 2. The summed E-state index contributed by atoms with van der Waals surface area (Å²) in [6, 6.07) is 4.02. The van der Waals surface area contributed by atoms with Crippen molar-refractivity contribution in [3.05, 3.63) is 45.8 Å². The quantitative estimate of drug-likeness (QED) is 0.536. The monoisotopic (exact) mass is 618 g/mol. The van der Waals surface area contributed by atoms with Gasteiger partial charge in [0.2, 0.25) is 11.8 Å². The number of fused-ring (bicyclic) bond motifs is 7. The average Bonchev–Trinajstić information content (AvgIpc) is 3.38. The minimum atomic E-state index is -0.0546. The van der Waals surface area contributed by atoms with Crippen LogP contribution in [0.1, 0.15) is 94.6 Å². The molecule has 2 aromatic rings. The van der Waals surface area contributed by atoms with Gasteiger partial charge in [-0.05, 0) is 92.9 Å². The van der Waals surface area contributed by atoms with Gasteiger partial charge in [0, 0.05) is 62.7 Å². The molecule has 6 rings (SSSR count). The number of nitrogens with one attached hydrogen (secondary N) is 2. The highest BCUT2D eigenvalue weighted by molar-refractivity contribution is 6.04. The molecule has 0 spiro atoms. The average molecular weight is 619 g/mol. The summed E-state index contributed by atoms with van der Waals surface area (Å²) in [6.45, 7) is 4.21. The normalized spacial score (nSPS) is 24.4. The minimum Gasteiger partial charge on any atom is -0.493 e. The number of methoxy groups -OCH3 is 2. The summed E-state index contributed by atoms with van der Waals surface area (Å²) in [5.41, 5.74) is 4.93. The Bertz CT molecular complexity index is 1480. The number of hydrogen-bond acceptors (Lipinski definition) is 6. The number of carbonyl (C=O) groups excluding carboxylic acids is 4. The van der Waals surface area contributed by atoms with Crippen molar-refractivity contribution in [1.29, 1.82) is 0 Å². The number of hydrogen-bond donors (Lipinski definition) is 2. The van der Waals surface area contributed by atoms with E-state index in [0.29, 0.717) is 81.0 Å². The molecule has 242 valence electrons. The summed E-state index contributed by atoms with van der Waals surface area (Å²) in [7, 11) is 3.26. The molecule has 0 saturated carbocycles. The maximum atomic E-state index is 13.9. The van der Waals surface area contributed by atoms with Crippen molar-refractivity contribution in [3.8, 4) is 11.5 Å². The lowest BCUT2D eigenvalue weighted by Crippen LogP contribution is -2.60. The number of rotatable bonds is 3. The highest BCUT2D eigenvalue weighted by Crippen LogP contribution is 2.38. The molecule has 3 amide bonds. The Hall–Kier alpha value is -3.82. The second-order valence-corrected chi connectivity index (χ2v) is 13.3. The largest absolute Gasteiger partial charge is 0.493 e. The summed E-state index contributed by atoms with van der Waals surface area (Å²) in [5, 5.41) is 3.06. The first-order valence-corrected chi connectivity index (χ1v) is 16.6. The fourth-order valence-corrected chi connectivity index (χ4v) is 8.21. The summed E-state index contributed by atoms with van der Waals surface area (Å²) in [5.74, 6) is 1.87. The van der Waals surface area contributed by atoms with Gasteiger partial charge in [0.05, 0.1) is 14.2 Å². The van der Waals surface area contributed by atoms with Crippen molar-refractivity contribution in [2.45, 2.75) is 83.6 Å². The van der Waals surface area contributed by atoms with Crippen LogP contribution in [0.2, 0.25) is 0 Å². The molecule has 2 saturated heterocycles. The van der Waals surface area contributed by atoms with Crippen LogP contribution >= 0.6 is 0 Å². The van der Waals surface area contributed by atoms with Crippen LogP contribution in [0.25, 0.3) is 0 Å². The molecule has 3 atom stereocenters. The summed E-state index contributed by atoms with van der Waals surface area (Å²) >= 11 is 0. The van der Waals surface area contributed by atoms with Gasteiger partial charge >= 0.3 is 0 Å². The van der Waals surface area contributed by atoms with Crippen LogP contribution in [0.3, 0.4) is 0 Å². The Morgan fingerprint density at radius 2 is 1.76 bits per heavy atom. The number of likely N-dealkylation sites (tertiary alicyclic amines) is 1. The van der Waals surface area contributed by atoms with E-state index in [9.17, 15) is 19.2 Å². The molecule has 1 aromatic heterocycles. The van der Waals surface area contributed by atoms with Crippen molar-refractivity contribution in [1.82, 2.24) is 20.1 Å². The maximum Gasteiger partial charge on any atom is 0.270 e. The molecule has 45 heavy (non-hydrogen) atoms. The van der Waals surface area contributed by atoms with Crippen LogP contribution in [-0.2, 0) is 28.9 Å². The summed E-state index contributed by atoms with van der Waals surface area (Å²) in [6.07, 6.45) is 7.40. The van der Waals surface area contributed by atoms with Gasteiger partial charge in [0.1, 0.15) is 5.69 Å². The first kappa shape index (κ1) is 31.2. The van der Waals surface area contributed by atoms with Crippen LogP contribution in [-0.4, -0.2) is 84.7 Å². The third-order valence-electron chi connectivity index (χ3n) is 10.3. The number of ketones is 1. The predicted molar refractivity (Wildman–Crippen MR) is 169 cm³/mol. The molecule has 4 heterocycles. The third kappa shape index (κ3) is 6.33.